The molecule has 0 aromatic heterocycles. The highest BCUT2D eigenvalue weighted by Crippen LogP contribution is 2.27. The zero-order valence-corrected chi connectivity index (χ0v) is 10.4. The zero-order chi connectivity index (χ0) is 12.5. The summed E-state index contributed by atoms with van der Waals surface area (Å²) in [5, 5.41) is 0. The van der Waals surface area contributed by atoms with Crippen LogP contribution in [0.3, 0.4) is 0 Å². The molecule has 2 rings (SSSR count). The van der Waals surface area contributed by atoms with Crippen molar-refractivity contribution in [2.45, 2.75) is 31.3 Å². The van der Waals surface area contributed by atoms with Crippen LogP contribution >= 0.6 is 0 Å². The number of benzene rings is 1. The quantitative estimate of drug-likeness (QED) is 0.816. The second-order valence-corrected chi connectivity index (χ2v) is 4.98. The third kappa shape index (κ3) is 2.19. The lowest BCUT2D eigenvalue weighted by atomic mass is 9.81. The summed E-state index contributed by atoms with van der Waals surface area (Å²) in [6.45, 7) is 4.37. The summed E-state index contributed by atoms with van der Waals surface area (Å²) in [5.41, 5.74) is 14.3. The molecule has 0 radical (unpaired) electrons. The van der Waals surface area contributed by atoms with E-state index >= 15 is 0 Å². The van der Waals surface area contributed by atoms with Gasteiger partial charge in [-0.1, -0.05) is 62.4 Å². The molecule has 1 aliphatic rings. The van der Waals surface area contributed by atoms with Gasteiger partial charge in [0.05, 0.1) is 5.54 Å². The van der Waals surface area contributed by atoms with Gasteiger partial charge < -0.3 is 11.5 Å². The normalized spacial score (nSPS) is 27.7. The molecule has 1 aromatic rings. The smallest absolute Gasteiger partial charge is 0.0788 e. The molecule has 1 aliphatic carbocycles. The van der Waals surface area contributed by atoms with Gasteiger partial charge in [0.25, 0.3) is 0 Å². The predicted molar refractivity (Wildman–Crippen MR) is 72.7 cm³/mol. The molecule has 0 amide bonds. The summed E-state index contributed by atoms with van der Waals surface area (Å²) >= 11 is 0. The number of hydrogen-bond acceptors (Lipinski definition) is 2. The highest BCUT2D eigenvalue weighted by atomic mass is 14.8. The molecule has 1 aromatic carbocycles. The Balaban J connectivity index is 2.34. The third-order valence-electron chi connectivity index (χ3n) is 3.43. The summed E-state index contributed by atoms with van der Waals surface area (Å²) in [6.07, 6.45) is 7.82. The molecule has 0 fully saturated rings. The van der Waals surface area contributed by atoms with Crippen LogP contribution in [-0.2, 0) is 5.54 Å². The van der Waals surface area contributed by atoms with E-state index in [-0.39, 0.29) is 6.04 Å². The van der Waals surface area contributed by atoms with Crippen LogP contribution in [0.1, 0.15) is 30.9 Å². The molecule has 2 heteroatoms. The molecular weight excluding hydrogens is 208 g/mol. The Bertz CT molecular complexity index is 442. The van der Waals surface area contributed by atoms with Crippen LogP contribution in [0, 0.1) is 0 Å². The molecule has 0 heterocycles. The summed E-state index contributed by atoms with van der Waals surface area (Å²) in [4.78, 5) is 0. The van der Waals surface area contributed by atoms with E-state index in [1.165, 1.54) is 5.56 Å². The summed E-state index contributed by atoms with van der Waals surface area (Å²) < 4.78 is 0. The van der Waals surface area contributed by atoms with Crippen LogP contribution in [0.25, 0.3) is 0 Å². The van der Waals surface area contributed by atoms with Gasteiger partial charge in [-0.05, 0) is 17.0 Å². The van der Waals surface area contributed by atoms with Gasteiger partial charge in [0.2, 0.25) is 0 Å². The number of nitrogens with two attached hydrogens (primary N) is 2. The molecule has 2 atom stereocenters. The van der Waals surface area contributed by atoms with Gasteiger partial charge in [-0.3, -0.25) is 0 Å². The Labute approximate surface area is 103 Å². The number of allylic oxidation sites excluding steroid dienone is 2. The Morgan fingerprint density at radius 3 is 2.29 bits per heavy atom. The first-order valence-corrected chi connectivity index (χ1v) is 6.05. The Morgan fingerprint density at radius 2 is 1.76 bits per heavy atom. The molecule has 0 spiro atoms. The standard InChI is InChI=1S/C15H20N2/c1-11(2)12-6-8-13(9-7-12)15(17)10-4-3-5-14(15)16/h3-11,14H,16-17H2,1-2H3. The van der Waals surface area contributed by atoms with E-state index in [1.54, 1.807) is 0 Å². The Hall–Kier alpha value is -1.38. The minimum absolute atomic E-state index is 0.169. The molecule has 0 aliphatic heterocycles. The fourth-order valence-corrected chi connectivity index (χ4v) is 2.11. The first kappa shape index (κ1) is 12.1. The Kier molecular flexibility index (Phi) is 3.18. The second-order valence-electron chi connectivity index (χ2n) is 4.98. The lowest BCUT2D eigenvalue weighted by Gasteiger charge is -2.33. The van der Waals surface area contributed by atoms with Gasteiger partial charge >= 0.3 is 0 Å². The van der Waals surface area contributed by atoms with Crippen LogP contribution in [0.4, 0.5) is 0 Å². The molecule has 2 unspecified atom stereocenters. The van der Waals surface area contributed by atoms with Crippen molar-refractivity contribution in [3.63, 3.8) is 0 Å². The van der Waals surface area contributed by atoms with Gasteiger partial charge in [-0.15, -0.1) is 0 Å². The van der Waals surface area contributed by atoms with Crippen molar-refractivity contribution >= 4 is 0 Å². The van der Waals surface area contributed by atoms with Crippen LogP contribution in [0.2, 0.25) is 0 Å². The molecule has 4 N–H and O–H groups in total. The molecule has 0 saturated heterocycles. The monoisotopic (exact) mass is 228 g/mol. The highest BCUT2D eigenvalue weighted by molar-refractivity contribution is 5.39. The summed E-state index contributed by atoms with van der Waals surface area (Å²) in [7, 11) is 0. The zero-order valence-electron chi connectivity index (χ0n) is 10.4. The van der Waals surface area contributed by atoms with E-state index in [2.05, 4.69) is 38.1 Å². The number of hydrogen-bond donors (Lipinski definition) is 2. The van der Waals surface area contributed by atoms with Crippen molar-refractivity contribution in [2.24, 2.45) is 11.5 Å². The Morgan fingerprint density at radius 1 is 1.12 bits per heavy atom. The lowest BCUT2D eigenvalue weighted by Crippen LogP contribution is -2.50. The topological polar surface area (TPSA) is 52.0 Å². The third-order valence-corrected chi connectivity index (χ3v) is 3.43. The molecule has 0 bridgehead atoms. The molecule has 2 nitrogen and oxygen atoms in total. The first-order valence-electron chi connectivity index (χ1n) is 6.05. The van der Waals surface area contributed by atoms with Crippen molar-refractivity contribution < 1.29 is 0 Å². The van der Waals surface area contributed by atoms with Gasteiger partial charge in [0.1, 0.15) is 0 Å². The maximum Gasteiger partial charge on any atom is 0.0788 e. The molecule has 0 saturated carbocycles. The van der Waals surface area contributed by atoms with E-state index in [1.807, 2.05) is 24.3 Å². The van der Waals surface area contributed by atoms with Crippen LogP contribution < -0.4 is 11.5 Å². The van der Waals surface area contributed by atoms with Crippen molar-refractivity contribution in [3.8, 4) is 0 Å². The number of rotatable bonds is 2. The fourth-order valence-electron chi connectivity index (χ4n) is 2.11. The van der Waals surface area contributed by atoms with Gasteiger partial charge in [-0.2, -0.15) is 0 Å². The maximum atomic E-state index is 6.39. The molecular formula is C15H20N2. The van der Waals surface area contributed by atoms with E-state index < -0.39 is 5.54 Å². The van der Waals surface area contributed by atoms with Crippen molar-refractivity contribution in [1.82, 2.24) is 0 Å². The summed E-state index contributed by atoms with van der Waals surface area (Å²) in [6, 6.07) is 8.26. The minimum atomic E-state index is -0.579. The molecule has 17 heavy (non-hydrogen) atoms. The first-order chi connectivity index (χ1) is 8.04. The van der Waals surface area contributed by atoms with Crippen LogP contribution in [-0.4, -0.2) is 6.04 Å². The summed E-state index contributed by atoms with van der Waals surface area (Å²) in [5.74, 6) is 0.535. The van der Waals surface area contributed by atoms with E-state index in [9.17, 15) is 0 Å². The van der Waals surface area contributed by atoms with E-state index in [0.717, 1.165) is 5.56 Å². The van der Waals surface area contributed by atoms with Crippen molar-refractivity contribution in [1.29, 1.82) is 0 Å². The van der Waals surface area contributed by atoms with Crippen LogP contribution in [0.15, 0.2) is 48.6 Å². The SMILES string of the molecule is CC(C)c1ccc(C2(N)C=CC=CC2N)cc1. The van der Waals surface area contributed by atoms with E-state index in [0.29, 0.717) is 5.92 Å². The predicted octanol–water partition coefficient (Wildman–Crippen LogP) is 2.42. The average Bonchev–Trinajstić information content (AvgIpc) is 2.33. The minimum Gasteiger partial charge on any atom is -0.322 e. The van der Waals surface area contributed by atoms with Crippen molar-refractivity contribution in [3.05, 3.63) is 59.7 Å². The van der Waals surface area contributed by atoms with Crippen molar-refractivity contribution in [2.75, 3.05) is 0 Å². The fraction of sp³-hybridized carbons (Fsp3) is 0.333. The average molecular weight is 228 g/mol. The van der Waals surface area contributed by atoms with Crippen LogP contribution in [0.5, 0.6) is 0 Å². The lowest BCUT2D eigenvalue weighted by molar-refractivity contribution is 0.492. The largest absolute Gasteiger partial charge is 0.322 e. The van der Waals surface area contributed by atoms with Gasteiger partial charge in [0, 0.05) is 6.04 Å². The highest BCUT2D eigenvalue weighted by Gasteiger charge is 2.31. The van der Waals surface area contributed by atoms with Gasteiger partial charge in [-0.25, -0.2) is 0 Å². The molecule has 90 valence electrons. The van der Waals surface area contributed by atoms with E-state index in [4.69, 9.17) is 11.5 Å². The second kappa shape index (κ2) is 4.47. The van der Waals surface area contributed by atoms with Gasteiger partial charge in [0.15, 0.2) is 0 Å². The maximum absolute atomic E-state index is 6.39.